The zero-order valence-corrected chi connectivity index (χ0v) is 18.6. The number of benzene rings is 2. The van der Waals surface area contributed by atoms with E-state index in [1.807, 2.05) is 30.3 Å². The van der Waals surface area contributed by atoms with Gasteiger partial charge in [0.1, 0.15) is 24.8 Å². The molecule has 2 heterocycles. The number of hydrogen-bond acceptors (Lipinski definition) is 4. The average molecular weight is 472 g/mol. The molecule has 9 heteroatoms. The van der Waals surface area contributed by atoms with Crippen LogP contribution in [0.15, 0.2) is 48.5 Å². The molecule has 0 unspecified atom stereocenters. The Hall–Kier alpha value is -3.49. The SMILES string of the molecule is O=C(O)CN1C(=O)C2(CC[C@H]1c1cc(F)cc(F)c1)CCN(C(=O)OCc1ccccc1)CC2. The second-order valence-electron chi connectivity index (χ2n) is 8.89. The zero-order chi connectivity index (χ0) is 24.3. The molecule has 7 nitrogen and oxygen atoms in total. The number of rotatable bonds is 5. The number of carboxylic acid groups (broad SMARTS) is 1. The Morgan fingerprint density at radius 3 is 2.29 bits per heavy atom. The van der Waals surface area contributed by atoms with Crippen LogP contribution in [0.3, 0.4) is 0 Å². The van der Waals surface area contributed by atoms with Gasteiger partial charge in [-0.3, -0.25) is 9.59 Å². The Kier molecular flexibility index (Phi) is 6.81. The number of ether oxygens (including phenoxy) is 1. The highest BCUT2D eigenvalue weighted by Crippen LogP contribution is 2.46. The van der Waals surface area contributed by atoms with E-state index in [4.69, 9.17) is 4.74 Å². The van der Waals surface area contributed by atoms with Crippen LogP contribution in [0.2, 0.25) is 0 Å². The number of carbonyl (C=O) groups is 3. The fraction of sp³-hybridized carbons (Fsp3) is 0.400. The number of carbonyl (C=O) groups excluding carboxylic acids is 2. The smallest absolute Gasteiger partial charge is 0.410 e. The van der Waals surface area contributed by atoms with E-state index in [0.717, 1.165) is 23.8 Å². The normalized spacial score (nSPS) is 19.8. The van der Waals surface area contributed by atoms with E-state index in [1.165, 1.54) is 4.90 Å². The number of amides is 2. The standard InChI is InChI=1S/C25H26F2N2O5/c26-19-12-18(13-20(27)14-19)21-6-7-25(23(32)29(21)15-22(30)31)8-10-28(11-9-25)24(33)34-16-17-4-2-1-3-5-17/h1-5,12-14,21H,6-11,15-16H2,(H,30,31)/t21-/m0/s1. The van der Waals surface area contributed by atoms with Crippen LogP contribution >= 0.6 is 0 Å². The molecule has 0 saturated carbocycles. The largest absolute Gasteiger partial charge is 0.480 e. The molecule has 2 amide bonds. The summed E-state index contributed by atoms with van der Waals surface area (Å²) in [6.45, 7) is 0.198. The van der Waals surface area contributed by atoms with Gasteiger partial charge in [-0.05, 0) is 48.9 Å². The van der Waals surface area contributed by atoms with Crippen molar-refractivity contribution in [3.8, 4) is 0 Å². The van der Waals surface area contributed by atoms with E-state index in [-0.39, 0.29) is 18.1 Å². The monoisotopic (exact) mass is 472 g/mol. The van der Waals surface area contributed by atoms with Crippen LogP contribution in [-0.2, 0) is 20.9 Å². The number of likely N-dealkylation sites (tertiary alicyclic amines) is 2. The minimum atomic E-state index is -1.20. The molecule has 1 atom stereocenters. The Morgan fingerprint density at radius 2 is 1.68 bits per heavy atom. The van der Waals surface area contributed by atoms with Crippen molar-refractivity contribution in [3.05, 3.63) is 71.3 Å². The number of aliphatic carboxylic acids is 1. The third kappa shape index (κ3) is 5.03. The highest BCUT2D eigenvalue weighted by atomic mass is 19.1. The average Bonchev–Trinajstić information content (AvgIpc) is 2.81. The minimum Gasteiger partial charge on any atom is -0.480 e. The molecule has 1 N–H and O–H groups in total. The van der Waals surface area contributed by atoms with Gasteiger partial charge < -0.3 is 19.6 Å². The first-order valence-corrected chi connectivity index (χ1v) is 11.2. The van der Waals surface area contributed by atoms with Crippen LogP contribution in [0.5, 0.6) is 0 Å². The van der Waals surface area contributed by atoms with Crippen molar-refractivity contribution in [2.45, 2.75) is 38.3 Å². The molecule has 4 rings (SSSR count). The van der Waals surface area contributed by atoms with Crippen LogP contribution in [0, 0.1) is 17.0 Å². The molecule has 34 heavy (non-hydrogen) atoms. The van der Waals surface area contributed by atoms with E-state index < -0.39 is 41.7 Å². The van der Waals surface area contributed by atoms with Crippen LogP contribution in [-0.4, -0.2) is 52.5 Å². The van der Waals surface area contributed by atoms with Gasteiger partial charge in [-0.1, -0.05) is 30.3 Å². The lowest BCUT2D eigenvalue weighted by molar-refractivity contribution is -0.159. The fourth-order valence-electron chi connectivity index (χ4n) is 4.96. The van der Waals surface area contributed by atoms with Gasteiger partial charge in [-0.15, -0.1) is 0 Å². The predicted octanol–water partition coefficient (Wildman–Crippen LogP) is 4.13. The lowest BCUT2D eigenvalue weighted by Gasteiger charge is -2.49. The first-order valence-electron chi connectivity index (χ1n) is 11.2. The molecule has 2 aromatic carbocycles. The van der Waals surface area contributed by atoms with Gasteiger partial charge in [0.25, 0.3) is 0 Å². The first kappa shape index (κ1) is 23.7. The Labute approximate surface area is 195 Å². The molecule has 2 aromatic rings. The molecule has 2 aliphatic rings. The van der Waals surface area contributed by atoms with Gasteiger partial charge in [0.15, 0.2) is 0 Å². The number of hydrogen-bond donors (Lipinski definition) is 1. The van der Waals surface area contributed by atoms with Crippen molar-refractivity contribution in [1.29, 1.82) is 0 Å². The van der Waals surface area contributed by atoms with E-state index in [9.17, 15) is 28.3 Å². The molecular weight excluding hydrogens is 446 g/mol. The molecule has 2 saturated heterocycles. The van der Waals surface area contributed by atoms with Crippen molar-refractivity contribution in [2.24, 2.45) is 5.41 Å². The third-order valence-corrected chi connectivity index (χ3v) is 6.75. The number of piperidine rings is 2. The maximum absolute atomic E-state index is 13.8. The third-order valence-electron chi connectivity index (χ3n) is 6.75. The maximum Gasteiger partial charge on any atom is 0.410 e. The molecule has 0 bridgehead atoms. The van der Waals surface area contributed by atoms with E-state index in [2.05, 4.69) is 0 Å². The molecule has 0 radical (unpaired) electrons. The number of nitrogens with zero attached hydrogens (tertiary/aromatic N) is 2. The summed E-state index contributed by atoms with van der Waals surface area (Å²) in [4.78, 5) is 40.3. The molecular formula is C25H26F2N2O5. The van der Waals surface area contributed by atoms with Gasteiger partial charge in [0, 0.05) is 19.2 Å². The minimum absolute atomic E-state index is 0.151. The summed E-state index contributed by atoms with van der Waals surface area (Å²) in [5, 5.41) is 9.40. The van der Waals surface area contributed by atoms with Crippen molar-refractivity contribution < 1.29 is 33.0 Å². The molecule has 0 aliphatic carbocycles. The van der Waals surface area contributed by atoms with Gasteiger partial charge in [-0.2, -0.15) is 0 Å². The number of carboxylic acids is 1. The summed E-state index contributed by atoms with van der Waals surface area (Å²) >= 11 is 0. The molecule has 2 aliphatic heterocycles. The van der Waals surface area contributed by atoms with Crippen molar-refractivity contribution in [2.75, 3.05) is 19.6 Å². The second kappa shape index (κ2) is 9.79. The fourth-order valence-corrected chi connectivity index (χ4v) is 4.96. The summed E-state index contributed by atoms with van der Waals surface area (Å²) in [6.07, 6.45) is 1.09. The second-order valence-corrected chi connectivity index (χ2v) is 8.89. The maximum atomic E-state index is 13.8. The van der Waals surface area contributed by atoms with E-state index in [0.29, 0.717) is 38.8 Å². The lowest BCUT2D eigenvalue weighted by Crippen LogP contribution is -2.56. The predicted molar refractivity (Wildman–Crippen MR) is 118 cm³/mol. The first-order chi connectivity index (χ1) is 16.3. The van der Waals surface area contributed by atoms with Gasteiger partial charge in [0.2, 0.25) is 5.91 Å². The van der Waals surface area contributed by atoms with Crippen molar-refractivity contribution in [1.82, 2.24) is 9.80 Å². The summed E-state index contributed by atoms with van der Waals surface area (Å²) in [7, 11) is 0. The van der Waals surface area contributed by atoms with E-state index in [1.54, 1.807) is 4.90 Å². The van der Waals surface area contributed by atoms with Crippen molar-refractivity contribution in [3.63, 3.8) is 0 Å². The topological polar surface area (TPSA) is 87.2 Å². The van der Waals surface area contributed by atoms with E-state index >= 15 is 0 Å². The summed E-state index contributed by atoms with van der Waals surface area (Å²) in [5.74, 6) is -3.11. The summed E-state index contributed by atoms with van der Waals surface area (Å²) in [5.41, 5.74) is 0.299. The van der Waals surface area contributed by atoms with Crippen LogP contribution in [0.25, 0.3) is 0 Å². The Morgan fingerprint density at radius 1 is 1.03 bits per heavy atom. The highest BCUT2D eigenvalue weighted by Gasteiger charge is 2.50. The van der Waals surface area contributed by atoms with Crippen LogP contribution in [0.1, 0.15) is 42.9 Å². The molecule has 1 spiro atoms. The lowest BCUT2D eigenvalue weighted by atomic mass is 9.69. The molecule has 0 aromatic heterocycles. The van der Waals surface area contributed by atoms with Gasteiger partial charge >= 0.3 is 12.1 Å². The molecule has 2 fully saturated rings. The van der Waals surface area contributed by atoms with Crippen LogP contribution in [0.4, 0.5) is 13.6 Å². The van der Waals surface area contributed by atoms with Crippen LogP contribution < -0.4 is 0 Å². The van der Waals surface area contributed by atoms with Gasteiger partial charge in [0.05, 0.1) is 11.5 Å². The number of halogens is 2. The Bertz CT molecular complexity index is 1050. The molecule has 180 valence electrons. The summed E-state index contributed by atoms with van der Waals surface area (Å²) in [6, 6.07) is 11.6. The summed E-state index contributed by atoms with van der Waals surface area (Å²) < 4.78 is 33.0. The quantitative estimate of drug-likeness (QED) is 0.707. The van der Waals surface area contributed by atoms with Crippen molar-refractivity contribution >= 4 is 18.0 Å². The highest BCUT2D eigenvalue weighted by molar-refractivity contribution is 5.87. The zero-order valence-electron chi connectivity index (χ0n) is 18.6. The van der Waals surface area contributed by atoms with Gasteiger partial charge in [-0.25, -0.2) is 13.6 Å². The Balaban J connectivity index is 1.44.